The van der Waals surface area contributed by atoms with Crippen molar-refractivity contribution in [1.82, 2.24) is 5.43 Å². The fraction of sp³-hybridized carbons (Fsp3) is 0.118. The Balaban J connectivity index is 2.02. The quantitative estimate of drug-likeness (QED) is 0.231. The molecular formula is C17H12F4N4O5. The maximum Gasteiger partial charge on any atom is 0.461 e. The number of halogens is 4. The number of anilines is 1. The summed E-state index contributed by atoms with van der Waals surface area (Å²) in [6.45, 7) is 0. The van der Waals surface area contributed by atoms with Crippen LogP contribution in [0.4, 0.5) is 28.9 Å². The normalized spacial score (nSPS) is 11.4. The van der Waals surface area contributed by atoms with Gasteiger partial charge in [0.1, 0.15) is 5.75 Å². The van der Waals surface area contributed by atoms with Crippen molar-refractivity contribution in [3.8, 4) is 5.75 Å². The number of carbonyl (C=O) groups is 2. The summed E-state index contributed by atoms with van der Waals surface area (Å²) in [6.07, 6.45) is -7.91. The summed E-state index contributed by atoms with van der Waals surface area (Å²) in [6, 6.07) is 9.63. The molecule has 0 saturated carbocycles. The van der Waals surface area contributed by atoms with E-state index in [2.05, 4.69) is 9.84 Å². The molecule has 0 fully saturated rings. The van der Waals surface area contributed by atoms with Crippen LogP contribution < -0.4 is 15.5 Å². The zero-order valence-electron chi connectivity index (χ0n) is 14.7. The van der Waals surface area contributed by atoms with Crippen LogP contribution in [0.3, 0.4) is 0 Å². The van der Waals surface area contributed by atoms with Gasteiger partial charge in [-0.3, -0.25) is 19.7 Å². The number of hydrazone groups is 1. The molecule has 0 saturated heterocycles. The van der Waals surface area contributed by atoms with E-state index in [9.17, 15) is 37.3 Å². The highest BCUT2D eigenvalue weighted by molar-refractivity contribution is 6.39. The molecule has 0 unspecified atom stereocenters. The third-order valence-electron chi connectivity index (χ3n) is 3.30. The van der Waals surface area contributed by atoms with E-state index in [0.29, 0.717) is 0 Å². The van der Waals surface area contributed by atoms with Gasteiger partial charge in [0.2, 0.25) is 0 Å². The molecule has 0 aliphatic heterocycles. The molecule has 158 valence electrons. The first-order valence-corrected chi connectivity index (χ1v) is 7.93. The van der Waals surface area contributed by atoms with E-state index in [4.69, 9.17) is 0 Å². The molecule has 30 heavy (non-hydrogen) atoms. The lowest BCUT2D eigenvalue weighted by atomic mass is 10.2. The molecule has 0 heterocycles. The van der Waals surface area contributed by atoms with E-state index in [-0.39, 0.29) is 11.3 Å². The summed E-state index contributed by atoms with van der Waals surface area (Å²) in [5.74, 6) is -3.47. The summed E-state index contributed by atoms with van der Waals surface area (Å²) in [5.41, 5.74) is 1.39. The molecule has 2 amide bonds. The molecule has 2 aromatic carbocycles. The smallest absolute Gasteiger partial charge is 0.426 e. The predicted molar refractivity (Wildman–Crippen MR) is 95.5 cm³/mol. The zero-order chi connectivity index (χ0) is 22.3. The Hall–Kier alpha value is -4.03. The lowest BCUT2D eigenvalue weighted by Gasteiger charge is -2.19. The van der Waals surface area contributed by atoms with Crippen molar-refractivity contribution in [1.29, 1.82) is 0 Å². The van der Waals surface area contributed by atoms with Crippen molar-refractivity contribution in [2.45, 2.75) is 12.5 Å². The fourth-order valence-corrected chi connectivity index (χ4v) is 1.96. The van der Waals surface area contributed by atoms with Gasteiger partial charge < -0.3 is 10.1 Å². The van der Waals surface area contributed by atoms with Crippen molar-refractivity contribution < 1.29 is 36.8 Å². The van der Waals surface area contributed by atoms with Gasteiger partial charge in [-0.2, -0.15) is 22.7 Å². The standard InChI is InChI=1S/C17H12F4N4O5/c18-16(19)17(20,21)30-13-7-2-1-6-12(13)23-14(26)15(27)24-22-9-10-4-3-5-11(8-10)25(28)29/h1-9,16H,(H,23,26)(H,24,27). The van der Waals surface area contributed by atoms with E-state index in [0.717, 1.165) is 24.4 Å². The Morgan fingerprint density at radius 2 is 1.83 bits per heavy atom. The van der Waals surface area contributed by atoms with Crippen LogP contribution >= 0.6 is 0 Å². The Bertz CT molecular complexity index is 984. The maximum absolute atomic E-state index is 13.1. The average Bonchev–Trinajstić information content (AvgIpc) is 2.69. The minimum Gasteiger partial charge on any atom is -0.426 e. The van der Waals surface area contributed by atoms with Crippen molar-refractivity contribution >= 4 is 29.4 Å². The van der Waals surface area contributed by atoms with Crippen molar-refractivity contribution in [2.24, 2.45) is 5.10 Å². The molecule has 13 heteroatoms. The molecule has 2 aromatic rings. The van der Waals surface area contributed by atoms with Crippen LogP contribution in [0.1, 0.15) is 5.56 Å². The highest BCUT2D eigenvalue weighted by atomic mass is 19.3. The number of nitrogens with zero attached hydrogens (tertiary/aromatic N) is 2. The monoisotopic (exact) mass is 428 g/mol. The Kier molecular flexibility index (Phi) is 7.01. The molecule has 0 spiro atoms. The first-order valence-electron chi connectivity index (χ1n) is 7.93. The van der Waals surface area contributed by atoms with Gasteiger partial charge in [0.25, 0.3) is 5.69 Å². The van der Waals surface area contributed by atoms with Crippen LogP contribution in [0.15, 0.2) is 53.6 Å². The number of nitro benzene ring substituents is 1. The van der Waals surface area contributed by atoms with Gasteiger partial charge in [-0.25, -0.2) is 5.43 Å². The van der Waals surface area contributed by atoms with Gasteiger partial charge in [0.05, 0.1) is 16.8 Å². The van der Waals surface area contributed by atoms with Gasteiger partial charge in [-0.15, -0.1) is 0 Å². The highest BCUT2D eigenvalue weighted by Gasteiger charge is 2.44. The van der Waals surface area contributed by atoms with Gasteiger partial charge in [0, 0.05) is 17.7 Å². The molecule has 0 aliphatic rings. The number of rotatable bonds is 7. The van der Waals surface area contributed by atoms with Gasteiger partial charge in [-0.1, -0.05) is 24.3 Å². The molecule has 0 atom stereocenters. The number of hydrogen-bond donors (Lipinski definition) is 2. The molecule has 0 bridgehead atoms. The van der Waals surface area contributed by atoms with Crippen LogP contribution in [-0.2, 0) is 9.59 Å². The maximum atomic E-state index is 13.1. The first kappa shape index (κ1) is 22.3. The van der Waals surface area contributed by atoms with E-state index >= 15 is 0 Å². The number of hydrogen-bond acceptors (Lipinski definition) is 6. The van der Waals surface area contributed by atoms with Crippen LogP contribution in [0, 0.1) is 10.1 Å². The molecule has 0 radical (unpaired) electrons. The first-order chi connectivity index (χ1) is 14.1. The number of amides is 2. The lowest BCUT2D eigenvalue weighted by Crippen LogP contribution is -2.35. The predicted octanol–water partition coefficient (Wildman–Crippen LogP) is 2.92. The molecule has 0 aliphatic carbocycles. The number of carbonyl (C=O) groups excluding carboxylic acids is 2. The van der Waals surface area contributed by atoms with E-state index in [1.54, 1.807) is 0 Å². The van der Waals surface area contributed by atoms with E-state index in [1.807, 2.05) is 10.7 Å². The SMILES string of the molecule is O=C(NN=Cc1cccc([N+](=O)[O-])c1)C(=O)Nc1ccccc1OC(F)(F)C(F)F. The number of ether oxygens (including phenoxy) is 1. The number of nitrogens with one attached hydrogen (secondary N) is 2. The zero-order valence-corrected chi connectivity index (χ0v) is 14.7. The number of nitro groups is 1. The fourth-order valence-electron chi connectivity index (χ4n) is 1.96. The third kappa shape index (κ3) is 5.98. The highest BCUT2D eigenvalue weighted by Crippen LogP contribution is 2.32. The molecule has 2 N–H and O–H groups in total. The second kappa shape index (κ2) is 9.45. The largest absolute Gasteiger partial charge is 0.461 e. The minimum absolute atomic E-state index is 0.222. The second-order valence-electron chi connectivity index (χ2n) is 5.47. The number of alkyl halides is 4. The van der Waals surface area contributed by atoms with Crippen LogP contribution in [-0.4, -0.2) is 35.5 Å². The van der Waals surface area contributed by atoms with Crippen molar-refractivity contribution in [3.05, 3.63) is 64.2 Å². The minimum atomic E-state index is -4.81. The second-order valence-corrected chi connectivity index (χ2v) is 5.47. The number of non-ortho nitro benzene ring substituents is 1. The van der Waals surface area contributed by atoms with Crippen LogP contribution in [0.25, 0.3) is 0 Å². The van der Waals surface area contributed by atoms with Crippen molar-refractivity contribution in [3.63, 3.8) is 0 Å². The molecular weight excluding hydrogens is 416 g/mol. The topological polar surface area (TPSA) is 123 Å². The molecule has 0 aromatic heterocycles. The van der Waals surface area contributed by atoms with Gasteiger partial charge in [-0.05, 0) is 12.1 Å². The number of benzene rings is 2. The van der Waals surface area contributed by atoms with Gasteiger partial charge >= 0.3 is 24.3 Å². The third-order valence-corrected chi connectivity index (χ3v) is 3.30. The molecule has 9 nitrogen and oxygen atoms in total. The Morgan fingerprint density at radius 1 is 1.13 bits per heavy atom. The van der Waals surface area contributed by atoms with E-state index < -0.39 is 40.7 Å². The van der Waals surface area contributed by atoms with E-state index in [1.165, 1.54) is 30.3 Å². The van der Waals surface area contributed by atoms with Crippen LogP contribution in [0.2, 0.25) is 0 Å². The number of para-hydroxylation sites is 2. The van der Waals surface area contributed by atoms with Crippen LogP contribution in [0.5, 0.6) is 5.75 Å². The summed E-state index contributed by atoms with van der Waals surface area (Å²) >= 11 is 0. The van der Waals surface area contributed by atoms with Gasteiger partial charge in [0.15, 0.2) is 0 Å². The Morgan fingerprint density at radius 3 is 2.50 bits per heavy atom. The van der Waals surface area contributed by atoms with Crippen molar-refractivity contribution in [2.75, 3.05) is 5.32 Å². The Labute approximate surface area is 165 Å². The average molecular weight is 428 g/mol. The summed E-state index contributed by atoms with van der Waals surface area (Å²) < 4.78 is 54.7. The lowest BCUT2D eigenvalue weighted by molar-refractivity contribution is -0.384. The summed E-state index contributed by atoms with van der Waals surface area (Å²) in [7, 11) is 0. The summed E-state index contributed by atoms with van der Waals surface area (Å²) in [5, 5.41) is 16.1. The molecule has 2 rings (SSSR count). The summed E-state index contributed by atoms with van der Waals surface area (Å²) in [4.78, 5) is 33.7.